The molecule has 2 aliphatic rings. The van der Waals surface area contributed by atoms with Crippen molar-refractivity contribution in [2.24, 2.45) is 5.92 Å². The quantitative estimate of drug-likeness (QED) is 0.269. The van der Waals surface area contributed by atoms with Crippen LogP contribution in [-0.2, 0) is 27.2 Å². The number of aryl methyl sites for hydroxylation is 2. The highest BCUT2D eigenvalue weighted by molar-refractivity contribution is 5.83. The molecule has 9 heteroatoms. The van der Waals surface area contributed by atoms with Gasteiger partial charge in [0.2, 0.25) is 5.91 Å². The number of hydrogen-bond acceptors (Lipinski definition) is 7. The van der Waals surface area contributed by atoms with Crippen molar-refractivity contribution in [2.45, 2.75) is 63.8 Å². The number of carbonyl (C=O) groups is 2. The van der Waals surface area contributed by atoms with E-state index in [9.17, 15) is 14.7 Å². The predicted molar refractivity (Wildman–Crippen MR) is 155 cm³/mol. The summed E-state index contributed by atoms with van der Waals surface area (Å²) in [5, 5.41) is 16.0. The minimum Gasteiger partial charge on any atom is -0.492 e. The Bertz CT molecular complexity index is 1060. The minimum atomic E-state index is -0.993. The molecule has 9 nitrogen and oxygen atoms in total. The van der Waals surface area contributed by atoms with E-state index in [1.54, 1.807) is 0 Å². The number of anilines is 1. The molecule has 218 valence electrons. The molecule has 4 rings (SSSR count). The van der Waals surface area contributed by atoms with Crippen molar-refractivity contribution in [3.8, 4) is 5.75 Å². The van der Waals surface area contributed by atoms with Gasteiger partial charge in [0.15, 0.2) is 0 Å². The first-order valence-electron chi connectivity index (χ1n) is 14.8. The Labute approximate surface area is 237 Å². The monoisotopic (exact) mass is 552 g/mol. The third-order valence-electron chi connectivity index (χ3n) is 7.71. The summed E-state index contributed by atoms with van der Waals surface area (Å²) in [6, 6.07) is 13.1. The van der Waals surface area contributed by atoms with Crippen molar-refractivity contribution in [3.05, 3.63) is 53.7 Å². The summed E-state index contributed by atoms with van der Waals surface area (Å²) < 4.78 is 11.3. The summed E-state index contributed by atoms with van der Waals surface area (Å²) in [5.41, 5.74) is 2.40. The Morgan fingerprint density at radius 2 is 1.93 bits per heavy atom. The van der Waals surface area contributed by atoms with Crippen molar-refractivity contribution in [3.63, 3.8) is 0 Å². The number of pyridine rings is 1. The van der Waals surface area contributed by atoms with Crippen LogP contribution in [0.15, 0.2) is 42.5 Å². The predicted octanol–water partition coefficient (Wildman–Crippen LogP) is 3.92. The Kier molecular flexibility index (Phi) is 12.1. The molecular formula is C31H44N4O5. The van der Waals surface area contributed by atoms with Gasteiger partial charge >= 0.3 is 5.97 Å². The van der Waals surface area contributed by atoms with Gasteiger partial charge in [0, 0.05) is 45.0 Å². The Balaban J connectivity index is 1.25. The lowest BCUT2D eigenvalue weighted by atomic mass is 9.96. The molecule has 0 saturated carbocycles. The van der Waals surface area contributed by atoms with E-state index in [4.69, 9.17) is 14.5 Å². The summed E-state index contributed by atoms with van der Waals surface area (Å²) in [5.74, 6) is 0.925. The van der Waals surface area contributed by atoms with Crippen LogP contribution >= 0.6 is 0 Å². The zero-order valence-corrected chi connectivity index (χ0v) is 23.5. The first kappa shape index (κ1) is 29.8. The first-order chi connectivity index (χ1) is 19.6. The second kappa shape index (κ2) is 16.2. The number of rotatable bonds is 16. The van der Waals surface area contributed by atoms with Gasteiger partial charge in [-0.2, -0.15) is 0 Å². The Hall–Kier alpha value is -3.17. The fourth-order valence-corrected chi connectivity index (χ4v) is 5.33. The van der Waals surface area contributed by atoms with Crippen molar-refractivity contribution < 1.29 is 24.2 Å². The van der Waals surface area contributed by atoms with Crippen molar-refractivity contribution in [1.82, 2.24) is 15.2 Å². The maximum Gasteiger partial charge on any atom is 0.326 e. The van der Waals surface area contributed by atoms with E-state index in [0.717, 1.165) is 75.3 Å². The number of aliphatic carboxylic acids is 1. The maximum absolute atomic E-state index is 12.6. The van der Waals surface area contributed by atoms with E-state index in [0.29, 0.717) is 45.8 Å². The molecule has 1 aromatic heterocycles. The summed E-state index contributed by atoms with van der Waals surface area (Å²) in [7, 11) is 0. The number of hydrogen-bond donors (Lipinski definition) is 3. The molecule has 0 bridgehead atoms. The number of carbonyl (C=O) groups excluding carboxylic acids is 1. The molecule has 1 fully saturated rings. The van der Waals surface area contributed by atoms with Gasteiger partial charge in [0.05, 0.1) is 0 Å². The van der Waals surface area contributed by atoms with Crippen molar-refractivity contribution in [1.29, 1.82) is 0 Å². The lowest BCUT2D eigenvalue weighted by Crippen LogP contribution is -2.44. The van der Waals surface area contributed by atoms with Crippen molar-refractivity contribution in [2.75, 3.05) is 51.3 Å². The van der Waals surface area contributed by atoms with E-state index < -0.39 is 12.0 Å². The first-order valence-corrected chi connectivity index (χ1v) is 14.8. The molecular weight excluding hydrogens is 508 g/mol. The summed E-state index contributed by atoms with van der Waals surface area (Å²) >= 11 is 0. The largest absolute Gasteiger partial charge is 0.492 e. The van der Waals surface area contributed by atoms with Crippen LogP contribution in [-0.4, -0.2) is 78.9 Å². The summed E-state index contributed by atoms with van der Waals surface area (Å²) in [6.07, 6.45) is 7.49. The molecule has 2 aliphatic heterocycles. The second-order valence-electron chi connectivity index (χ2n) is 10.8. The van der Waals surface area contributed by atoms with E-state index in [-0.39, 0.29) is 11.8 Å². The number of nitrogens with zero attached hydrogens (tertiary/aromatic N) is 2. The van der Waals surface area contributed by atoms with Crippen LogP contribution in [0.2, 0.25) is 0 Å². The number of ether oxygens (including phenoxy) is 2. The normalized spacial score (nSPS) is 16.1. The zero-order valence-electron chi connectivity index (χ0n) is 23.5. The SMILES string of the molecule is O=C(CC1CCOCC1)NC(CCN(CCCCc1ccc2c(n1)NCCC2)CCOc1ccccc1)C(=O)O. The van der Waals surface area contributed by atoms with Crippen LogP contribution in [0.5, 0.6) is 5.75 Å². The van der Waals surface area contributed by atoms with Crippen LogP contribution in [0.3, 0.4) is 0 Å². The van der Waals surface area contributed by atoms with Gasteiger partial charge in [-0.3, -0.25) is 9.69 Å². The highest BCUT2D eigenvalue weighted by atomic mass is 16.5. The number of aromatic nitrogens is 1. The molecule has 1 atom stereocenters. The van der Waals surface area contributed by atoms with E-state index >= 15 is 0 Å². The van der Waals surface area contributed by atoms with Gasteiger partial charge in [-0.25, -0.2) is 9.78 Å². The zero-order chi connectivity index (χ0) is 28.0. The van der Waals surface area contributed by atoms with Crippen LogP contribution < -0.4 is 15.4 Å². The third-order valence-corrected chi connectivity index (χ3v) is 7.71. The average molecular weight is 553 g/mol. The number of carboxylic acids is 1. The van der Waals surface area contributed by atoms with Crippen LogP contribution in [0.4, 0.5) is 5.82 Å². The Morgan fingerprint density at radius 3 is 2.73 bits per heavy atom. The Morgan fingerprint density at radius 1 is 1.10 bits per heavy atom. The lowest BCUT2D eigenvalue weighted by Gasteiger charge is -2.25. The van der Waals surface area contributed by atoms with E-state index in [1.165, 1.54) is 5.56 Å². The molecule has 0 aliphatic carbocycles. The lowest BCUT2D eigenvalue weighted by molar-refractivity contribution is -0.142. The van der Waals surface area contributed by atoms with Gasteiger partial charge in [0.1, 0.15) is 24.2 Å². The van der Waals surface area contributed by atoms with Gasteiger partial charge in [-0.1, -0.05) is 24.3 Å². The highest BCUT2D eigenvalue weighted by Crippen LogP contribution is 2.21. The summed E-state index contributed by atoms with van der Waals surface area (Å²) in [4.78, 5) is 31.6. The topological polar surface area (TPSA) is 113 Å². The molecule has 3 N–H and O–H groups in total. The smallest absolute Gasteiger partial charge is 0.326 e. The molecule has 40 heavy (non-hydrogen) atoms. The molecule has 1 aromatic carbocycles. The van der Waals surface area contributed by atoms with Crippen LogP contribution in [0, 0.1) is 5.92 Å². The average Bonchev–Trinajstić information content (AvgIpc) is 2.97. The molecule has 1 unspecified atom stereocenters. The fourth-order valence-electron chi connectivity index (χ4n) is 5.33. The minimum absolute atomic E-state index is 0.190. The van der Waals surface area contributed by atoms with Crippen LogP contribution in [0.1, 0.15) is 56.2 Å². The van der Waals surface area contributed by atoms with Crippen LogP contribution in [0.25, 0.3) is 0 Å². The molecule has 0 radical (unpaired) electrons. The number of fused-ring (bicyclic) bond motifs is 1. The molecule has 1 amide bonds. The number of nitrogens with one attached hydrogen (secondary N) is 2. The van der Waals surface area contributed by atoms with Crippen molar-refractivity contribution >= 4 is 17.7 Å². The second-order valence-corrected chi connectivity index (χ2v) is 10.8. The highest BCUT2D eigenvalue weighted by Gasteiger charge is 2.24. The van der Waals surface area contributed by atoms with Gasteiger partial charge in [-0.15, -0.1) is 0 Å². The fraction of sp³-hybridized carbons (Fsp3) is 0.581. The summed E-state index contributed by atoms with van der Waals surface area (Å²) in [6.45, 7) is 4.89. The number of benzene rings is 1. The van der Waals surface area contributed by atoms with Gasteiger partial charge < -0.3 is 25.2 Å². The number of carboxylic acid groups (broad SMARTS) is 1. The molecule has 1 saturated heterocycles. The van der Waals surface area contributed by atoms with E-state index in [2.05, 4.69) is 27.7 Å². The molecule has 2 aromatic rings. The third kappa shape index (κ3) is 10.1. The molecule has 3 heterocycles. The molecule has 0 spiro atoms. The van der Waals surface area contributed by atoms with Gasteiger partial charge in [-0.05, 0) is 87.6 Å². The number of amides is 1. The number of para-hydroxylation sites is 1. The number of unbranched alkanes of at least 4 members (excludes halogenated alkanes) is 1. The van der Waals surface area contributed by atoms with Gasteiger partial charge in [0.25, 0.3) is 0 Å². The standard InChI is InChI=1S/C31H44N4O5/c36-29(23-24-14-20-39-21-15-24)34-28(31(37)38)13-18-35(19-22-40-27-9-2-1-3-10-27)17-5-4-8-26-12-11-25-7-6-16-32-30(25)33-26/h1-3,9-12,24,28H,4-8,13-23H2,(H,32,33)(H,34,36)(H,37,38). The maximum atomic E-state index is 12.6. The van der Waals surface area contributed by atoms with E-state index in [1.807, 2.05) is 30.3 Å².